The van der Waals surface area contributed by atoms with Crippen molar-refractivity contribution < 1.29 is 22.5 Å². The third-order valence-electron chi connectivity index (χ3n) is 5.22. The van der Waals surface area contributed by atoms with E-state index in [4.69, 9.17) is 9.26 Å². The Bertz CT molecular complexity index is 972. The predicted molar refractivity (Wildman–Crippen MR) is 106 cm³/mol. The minimum atomic E-state index is -3.62. The van der Waals surface area contributed by atoms with E-state index in [2.05, 4.69) is 14.9 Å². The summed E-state index contributed by atoms with van der Waals surface area (Å²) in [5.41, 5.74) is 0. The van der Waals surface area contributed by atoms with E-state index >= 15 is 0 Å². The summed E-state index contributed by atoms with van der Waals surface area (Å²) < 4.78 is 38.9. The topological polar surface area (TPSA) is 115 Å². The number of amides is 1. The molecule has 1 aliphatic carbocycles. The second-order valence-electron chi connectivity index (χ2n) is 7.32. The highest BCUT2D eigenvalue weighted by molar-refractivity contribution is 7.89. The van der Waals surface area contributed by atoms with Crippen LogP contribution in [-0.4, -0.2) is 61.7 Å². The van der Waals surface area contributed by atoms with Gasteiger partial charge in [-0.2, -0.15) is 4.98 Å². The van der Waals surface area contributed by atoms with Crippen LogP contribution in [0.1, 0.15) is 47.7 Å². The molecule has 0 aromatic carbocycles. The highest BCUT2D eigenvalue weighted by Crippen LogP contribution is 2.32. The van der Waals surface area contributed by atoms with E-state index < -0.39 is 10.0 Å². The Morgan fingerprint density at radius 3 is 2.69 bits per heavy atom. The maximum absolute atomic E-state index is 12.8. The number of aryl methyl sites for hydroxylation is 1. The molecule has 0 unspecified atom stereocenters. The summed E-state index contributed by atoms with van der Waals surface area (Å²) in [4.78, 5) is 19.7. The summed E-state index contributed by atoms with van der Waals surface area (Å²) in [6, 6.07) is 1.54. The van der Waals surface area contributed by atoms with Gasteiger partial charge >= 0.3 is 11.8 Å². The van der Waals surface area contributed by atoms with Gasteiger partial charge in [-0.25, -0.2) is 13.1 Å². The Morgan fingerprint density at radius 1 is 1.24 bits per heavy atom. The first-order valence-electron chi connectivity index (χ1n) is 9.78. The van der Waals surface area contributed by atoms with Crippen molar-refractivity contribution in [1.82, 2.24) is 19.8 Å². The number of hydrogen-bond donors (Lipinski definition) is 1. The second-order valence-corrected chi connectivity index (χ2v) is 10.3. The largest absolute Gasteiger partial charge is 0.378 e. The third kappa shape index (κ3) is 4.52. The van der Waals surface area contributed by atoms with E-state index in [-0.39, 0.29) is 28.6 Å². The number of carbonyl (C=O) groups excluding carboxylic acids is 1. The van der Waals surface area contributed by atoms with E-state index in [9.17, 15) is 13.2 Å². The lowest BCUT2D eigenvalue weighted by Gasteiger charge is -2.25. The second kappa shape index (κ2) is 8.50. The van der Waals surface area contributed by atoms with E-state index in [0.717, 1.165) is 32.1 Å². The Kier molecular flexibility index (Phi) is 6.00. The van der Waals surface area contributed by atoms with Crippen LogP contribution in [0.15, 0.2) is 15.5 Å². The molecule has 0 radical (unpaired) electrons. The minimum absolute atomic E-state index is 0.0144. The summed E-state index contributed by atoms with van der Waals surface area (Å²) in [6.45, 7) is 3.66. The van der Waals surface area contributed by atoms with Gasteiger partial charge in [-0.3, -0.25) is 4.79 Å². The first-order valence-corrected chi connectivity index (χ1v) is 12.1. The number of ether oxygens (including phenoxy) is 1. The number of morpholine rings is 1. The van der Waals surface area contributed by atoms with E-state index in [0.29, 0.717) is 36.1 Å². The minimum Gasteiger partial charge on any atom is -0.378 e. The molecule has 1 amide bonds. The van der Waals surface area contributed by atoms with Gasteiger partial charge in [0.05, 0.1) is 23.0 Å². The summed E-state index contributed by atoms with van der Waals surface area (Å²) in [5, 5.41) is 3.88. The fraction of sp³-hybridized carbons (Fsp3) is 0.611. The lowest BCUT2D eigenvalue weighted by Crippen LogP contribution is -2.40. The van der Waals surface area contributed by atoms with Crippen molar-refractivity contribution in [2.45, 2.75) is 50.0 Å². The number of rotatable bonds is 5. The Labute approximate surface area is 173 Å². The molecular formula is C18H24N4O5S2. The van der Waals surface area contributed by atoms with Crippen LogP contribution in [0, 0.1) is 6.92 Å². The Morgan fingerprint density at radius 2 is 1.97 bits per heavy atom. The van der Waals surface area contributed by atoms with Gasteiger partial charge in [-0.1, -0.05) is 24.4 Å². The van der Waals surface area contributed by atoms with Crippen molar-refractivity contribution in [3.63, 3.8) is 0 Å². The van der Waals surface area contributed by atoms with Crippen molar-refractivity contribution in [2.24, 2.45) is 0 Å². The van der Waals surface area contributed by atoms with Crippen LogP contribution in [0.4, 0.5) is 0 Å². The lowest BCUT2D eigenvalue weighted by molar-refractivity contribution is 0.0272. The van der Waals surface area contributed by atoms with Crippen molar-refractivity contribution >= 4 is 27.3 Å². The highest BCUT2D eigenvalue weighted by Gasteiger charge is 2.28. The molecule has 0 spiro atoms. The van der Waals surface area contributed by atoms with Gasteiger partial charge in [0, 0.05) is 24.0 Å². The fourth-order valence-electron chi connectivity index (χ4n) is 3.66. The number of sulfonamides is 1. The zero-order valence-corrected chi connectivity index (χ0v) is 17.9. The van der Waals surface area contributed by atoms with Crippen LogP contribution in [-0.2, 0) is 14.8 Å². The van der Waals surface area contributed by atoms with Crippen molar-refractivity contribution in [3.05, 3.63) is 16.8 Å². The molecule has 3 heterocycles. The first-order chi connectivity index (χ1) is 13.9. The Balaban J connectivity index is 1.52. The molecule has 2 aromatic heterocycles. The van der Waals surface area contributed by atoms with E-state index in [1.54, 1.807) is 17.9 Å². The molecule has 0 bridgehead atoms. The maximum atomic E-state index is 12.8. The lowest BCUT2D eigenvalue weighted by atomic mass is 9.96. The fourth-order valence-corrected chi connectivity index (χ4v) is 6.48. The monoisotopic (exact) mass is 440 g/mol. The molecule has 2 aromatic rings. The molecule has 4 rings (SSSR count). The zero-order chi connectivity index (χ0) is 20.4. The molecule has 2 fully saturated rings. The van der Waals surface area contributed by atoms with Crippen LogP contribution < -0.4 is 4.72 Å². The van der Waals surface area contributed by atoms with Crippen LogP contribution in [0.2, 0.25) is 0 Å². The molecule has 158 valence electrons. The van der Waals surface area contributed by atoms with Gasteiger partial charge in [-0.15, -0.1) is 11.3 Å². The summed E-state index contributed by atoms with van der Waals surface area (Å²) in [5.74, 6) is -0.223. The molecule has 1 aliphatic heterocycles. The zero-order valence-electron chi connectivity index (χ0n) is 16.2. The molecule has 11 heteroatoms. The van der Waals surface area contributed by atoms with Crippen LogP contribution in [0.25, 0.3) is 10.7 Å². The smallest absolute Gasteiger partial charge is 0.316 e. The van der Waals surface area contributed by atoms with Crippen molar-refractivity contribution in [1.29, 1.82) is 0 Å². The summed E-state index contributed by atoms with van der Waals surface area (Å²) >= 11 is 1.27. The molecule has 29 heavy (non-hydrogen) atoms. The van der Waals surface area contributed by atoms with E-state index in [1.807, 2.05) is 0 Å². The molecule has 1 N–H and O–H groups in total. The van der Waals surface area contributed by atoms with Gasteiger partial charge in [0.25, 0.3) is 0 Å². The van der Waals surface area contributed by atoms with E-state index in [1.165, 1.54) is 11.3 Å². The first kappa shape index (κ1) is 20.5. The quantitative estimate of drug-likeness (QED) is 0.758. The summed E-state index contributed by atoms with van der Waals surface area (Å²) in [6.07, 6.45) is 4.98. The predicted octanol–water partition coefficient (Wildman–Crippen LogP) is 2.19. The van der Waals surface area contributed by atoms with Crippen LogP contribution >= 0.6 is 11.3 Å². The van der Waals surface area contributed by atoms with Gasteiger partial charge in [0.2, 0.25) is 15.8 Å². The highest BCUT2D eigenvalue weighted by atomic mass is 32.2. The maximum Gasteiger partial charge on any atom is 0.316 e. The number of thiophene rings is 1. The van der Waals surface area contributed by atoms with Gasteiger partial charge in [0.1, 0.15) is 0 Å². The standard InChI is InChI=1S/C18H24N4O5S2/c1-12-15(29(24,25)21-13-5-3-2-4-6-13)11-14(28-12)16-19-17(27-20-16)18(23)22-7-9-26-10-8-22/h11,13,21H,2-10H2,1H3. The van der Waals surface area contributed by atoms with Gasteiger partial charge in [-0.05, 0) is 25.8 Å². The third-order valence-corrected chi connectivity index (χ3v) is 8.04. The SMILES string of the molecule is Cc1sc(-c2noc(C(=O)N3CCOCC3)n2)cc1S(=O)(=O)NC1CCCCC1. The average molecular weight is 441 g/mol. The Hall–Kier alpha value is -1.82. The molecule has 1 saturated heterocycles. The van der Waals surface area contributed by atoms with Crippen LogP contribution in [0.5, 0.6) is 0 Å². The van der Waals surface area contributed by atoms with Gasteiger partial charge < -0.3 is 14.2 Å². The molecule has 1 saturated carbocycles. The molecule has 0 atom stereocenters. The van der Waals surface area contributed by atoms with Crippen molar-refractivity contribution in [2.75, 3.05) is 26.3 Å². The number of carbonyl (C=O) groups is 1. The summed E-state index contributed by atoms with van der Waals surface area (Å²) in [7, 11) is -3.62. The normalized spacial score (nSPS) is 18.9. The number of nitrogens with one attached hydrogen (secondary N) is 1. The number of hydrogen-bond acceptors (Lipinski definition) is 8. The number of nitrogens with zero attached hydrogens (tertiary/aromatic N) is 3. The van der Waals surface area contributed by atoms with Gasteiger partial charge in [0.15, 0.2) is 0 Å². The molecule has 9 nitrogen and oxygen atoms in total. The average Bonchev–Trinajstić information content (AvgIpc) is 3.36. The number of aromatic nitrogens is 2. The molecule has 2 aliphatic rings. The van der Waals surface area contributed by atoms with Crippen molar-refractivity contribution in [3.8, 4) is 10.7 Å². The van der Waals surface area contributed by atoms with Crippen LogP contribution in [0.3, 0.4) is 0 Å². The molecular weight excluding hydrogens is 416 g/mol.